The number of hydrogen-bond acceptors (Lipinski definition) is 4. The van der Waals surface area contributed by atoms with Gasteiger partial charge in [-0.1, -0.05) is 26.2 Å². The minimum atomic E-state index is -0.470. The number of nitrogens with one attached hydrogen (secondary N) is 1. The average molecular weight is 305 g/mol. The number of rotatable bonds is 5. The molecule has 0 radical (unpaired) electrons. The summed E-state index contributed by atoms with van der Waals surface area (Å²) in [6.45, 7) is 2.19. The van der Waals surface area contributed by atoms with E-state index in [0.29, 0.717) is 29.7 Å². The fourth-order valence-electron chi connectivity index (χ4n) is 2.98. The van der Waals surface area contributed by atoms with Crippen LogP contribution in [0.25, 0.3) is 0 Å². The molecule has 1 heterocycles. The molecule has 1 saturated carbocycles. The molecule has 1 aromatic rings. The Balaban J connectivity index is 1.59. The summed E-state index contributed by atoms with van der Waals surface area (Å²) in [5, 5.41) is 3.12. The highest BCUT2D eigenvalue weighted by Gasteiger charge is 2.23. The van der Waals surface area contributed by atoms with Crippen LogP contribution in [-0.2, 0) is 4.79 Å². The largest absolute Gasteiger partial charge is 0.480 e. The summed E-state index contributed by atoms with van der Waals surface area (Å²) < 4.78 is 16.5. The molecule has 22 heavy (non-hydrogen) atoms. The van der Waals surface area contributed by atoms with E-state index in [4.69, 9.17) is 14.2 Å². The molecule has 1 atom stereocenters. The Labute approximate surface area is 130 Å². The first-order valence-corrected chi connectivity index (χ1v) is 8.13. The van der Waals surface area contributed by atoms with Crippen LogP contribution in [0.15, 0.2) is 18.2 Å². The lowest BCUT2D eigenvalue weighted by molar-refractivity contribution is -0.129. The Morgan fingerprint density at radius 2 is 2.05 bits per heavy atom. The maximum absolute atomic E-state index is 12.4. The van der Waals surface area contributed by atoms with E-state index in [1.54, 1.807) is 6.07 Å². The molecule has 2 aliphatic rings. The van der Waals surface area contributed by atoms with Gasteiger partial charge >= 0.3 is 0 Å². The zero-order valence-corrected chi connectivity index (χ0v) is 13.0. The van der Waals surface area contributed by atoms with Crippen molar-refractivity contribution in [3.63, 3.8) is 0 Å². The van der Waals surface area contributed by atoms with Gasteiger partial charge in [0, 0.05) is 12.1 Å². The number of ether oxygens (including phenoxy) is 3. The highest BCUT2D eigenvalue weighted by molar-refractivity contribution is 5.81. The zero-order valence-electron chi connectivity index (χ0n) is 13.0. The summed E-state index contributed by atoms with van der Waals surface area (Å²) in [4.78, 5) is 12.4. The van der Waals surface area contributed by atoms with E-state index in [-0.39, 0.29) is 12.7 Å². The minimum Gasteiger partial charge on any atom is -0.480 e. The van der Waals surface area contributed by atoms with Gasteiger partial charge in [0.05, 0.1) is 0 Å². The lowest BCUT2D eigenvalue weighted by Gasteiger charge is -2.25. The highest BCUT2D eigenvalue weighted by Crippen LogP contribution is 2.35. The number of carbonyl (C=O) groups is 1. The van der Waals surface area contributed by atoms with E-state index in [9.17, 15) is 4.79 Å². The highest BCUT2D eigenvalue weighted by atomic mass is 16.7. The molecular weight excluding hydrogens is 282 g/mol. The molecule has 5 heteroatoms. The summed E-state index contributed by atoms with van der Waals surface area (Å²) in [5.41, 5.74) is 0. The van der Waals surface area contributed by atoms with Crippen molar-refractivity contribution in [1.82, 2.24) is 5.32 Å². The van der Waals surface area contributed by atoms with Crippen molar-refractivity contribution in [2.45, 2.75) is 57.6 Å². The molecule has 1 N–H and O–H groups in total. The van der Waals surface area contributed by atoms with E-state index in [0.717, 1.165) is 12.8 Å². The second kappa shape index (κ2) is 6.90. The van der Waals surface area contributed by atoms with E-state index < -0.39 is 6.10 Å². The predicted octanol–water partition coefficient (Wildman–Crippen LogP) is 3.02. The van der Waals surface area contributed by atoms with Crippen molar-refractivity contribution in [2.75, 3.05) is 6.79 Å². The summed E-state index contributed by atoms with van der Waals surface area (Å²) in [6.07, 6.45) is 5.99. The van der Waals surface area contributed by atoms with Gasteiger partial charge < -0.3 is 19.5 Å². The molecule has 1 aliphatic carbocycles. The van der Waals surface area contributed by atoms with Gasteiger partial charge in [-0.25, -0.2) is 0 Å². The van der Waals surface area contributed by atoms with Crippen LogP contribution in [0.2, 0.25) is 0 Å². The zero-order chi connectivity index (χ0) is 15.4. The van der Waals surface area contributed by atoms with E-state index >= 15 is 0 Å². The van der Waals surface area contributed by atoms with Crippen LogP contribution in [0, 0.1) is 0 Å². The first kappa shape index (κ1) is 15.0. The number of hydrogen-bond donors (Lipinski definition) is 1. The van der Waals surface area contributed by atoms with Gasteiger partial charge in [0.25, 0.3) is 5.91 Å². The van der Waals surface area contributed by atoms with Crippen LogP contribution in [0.3, 0.4) is 0 Å². The molecule has 1 amide bonds. The van der Waals surface area contributed by atoms with Gasteiger partial charge in [-0.2, -0.15) is 0 Å². The van der Waals surface area contributed by atoms with Crippen molar-refractivity contribution in [2.24, 2.45) is 0 Å². The average Bonchev–Trinajstić information content (AvgIpc) is 3.01. The van der Waals surface area contributed by atoms with Gasteiger partial charge in [0.2, 0.25) is 6.79 Å². The summed E-state index contributed by atoms with van der Waals surface area (Å²) in [6, 6.07) is 5.70. The third-order valence-electron chi connectivity index (χ3n) is 4.24. The topological polar surface area (TPSA) is 56.8 Å². The Hall–Kier alpha value is -1.91. The van der Waals surface area contributed by atoms with E-state index in [1.165, 1.54) is 19.3 Å². The summed E-state index contributed by atoms with van der Waals surface area (Å²) in [5.74, 6) is 1.99. The van der Waals surface area contributed by atoms with Gasteiger partial charge in [0.1, 0.15) is 5.75 Å². The monoisotopic (exact) mass is 305 g/mol. The van der Waals surface area contributed by atoms with Crippen LogP contribution >= 0.6 is 0 Å². The molecule has 1 fully saturated rings. The molecule has 3 rings (SSSR count). The van der Waals surface area contributed by atoms with Crippen LogP contribution in [0.1, 0.15) is 45.4 Å². The second-order valence-electron chi connectivity index (χ2n) is 5.87. The van der Waals surface area contributed by atoms with Gasteiger partial charge in [0.15, 0.2) is 17.6 Å². The number of fused-ring (bicyclic) bond motifs is 1. The van der Waals surface area contributed by atoms with Crippen LogP contribution in [0.5, 0.6) is 17.2 Å². The fraction of sp³-hybridized carbons (Fsp3) is 0.588. The van der Waals surface area contributed by atoms with Gasteiger partial charge in [-0.15, -0.1) is 0 Å². The van der Waals surface area contributed by atoms with Gasteiger partial charge in [-0.05, 0) is 31.4 Å². The minimum absolute atomic E-state index is 0.0212. The fourth-order valence-corrected chi connectivity index (χ4v) is 2.98. The molecule has 1 aromatic carbocycles. The number of benzene rings is 1. The molecule has 0 bridgehead atoms. The Bertz CT molecular complexity index is 525. The smallest absolute Gasteiger partial charge is 0.261 e. The van der Waals surface area contributed by atoms with Crippen molar-refractivity contribution in [1.29, 1.82) is 0 Å². The first-order valence-electron chi connectivity index (χ1n) is 8.13. The lowest BCUT2D eigenvalue weighted by Crippen LogP contribution is -2.44. The maximum Gasteiger partial charge on any atom is 0.261 e. The van der Waals surface area contributed by atoms with Crippen LogP contribution in [0.4, 0.5) is 0 Å². The predicted molar refractivity (Wildman–Crippen MR) is 82.3 cm³/mol. The van der Waals surface area contributed by atoms with Crippen molar-refractivity contribution in [3.05, 3.63) is 18.2 Å². The standard InChI is InChI=1S/C17H23NO4/c1-2-14(17(19)18-12-6-4-3-5-7-12)22-13-8-9-15-16(10-13)21-11-20-15/h8-10,12,14H,2-7,11H2,1H3,(H,18,19). The first-order chi connectivity index (χ1) is 10.8. The second-order valence-corrected chi connectivity index (χ2v) is 5.87. The van der Waals surface area contributed by atoms with E-state index in [1.807, 2.05) is 19.1 Å². The van der Waals surface area contributed by atoms with Crippen molar-refractivity contribution < 1.29 is 19.0 Å². The molecule has 5 nitrogen and oxygen atoms in total. The van der Waals surface area contributed by atoms with Gasteiger partial charge in [-0.3, -0.25) is 4.79 Å². The molecule has 1 unspecified atom stereocenters. The SMILES string of the molecule is CCC(Oc1ccc2c(c1)OCO2)C(=O)NC1CCCCC1. The Kier molecular flexibility index (Phi) is 4.71. The molecule has 120 valence electrons. The molecule has 0 saturated heterocycles. The summed E-state index contributed by atoms with van der Waals surface area (Å²) >= 11 is 0. The molecule has 1 aliphatic heterocycles. The molecule has 0 aromatic heterocycles. The lowest BCUT2D eigenvalue weighted by atomic mass is 9.95. The third kappa shape index (κ3) is 3.46. The third-order valence-corrected chi connectivity index (χ3v) is 4.24. The number of carbonyl (C=O) groups excluding carboxylic acids is 1. The van der Waals surface area contributed by atoms with E-state index in [2.05, 4.69) is 5.32 Å². The van der Waals surface area contributed by atoms with Crippen molar-refractivity contribution in [3.8, 4) is 17.2 Å². The van der Waals surface area contributed by atoms with Crippen molar-refractivity contribution >= 4 is 5.91 Å². The van der Waals surface area contributed by atoms with Crippen LogP contribution in [-0.4, -0.2) is 24.8 Å². The molecular formula is C17H23NO4. The number of amides is 1. The Morgan fingerprint density at radius 1 is 1.27 bits per heavy atom. The maximum atomic E-state index is 12.4. The quantitative estimate of drug-likeness (QED) is 0.908. The summed E-state index contributed by atoms with van der Waals surface area (Å²) in [7, 11) is 0. The Morgan fingerprint density at radius 3 is 2.82 bits per heavy atom. The van der Waals surface area contributed by atoms with Crippen LogP contribution < -0.4 is 19.5 Å². The normalized spacial score (nSPS) is 18.8. The molecule has 0 spiro atoms.